The summed E-state index contributed by atoms with van der Waals surface area (Å²) in [6.45, 7) is 1.96. The standard InChI is InChI=1S/C32H36N4O3/c1-32(34-31(39)25-10-16-28(17-11-25)36(4)5)20-18-23(19-21-32)29(37)22-6-12-26(13-7-22)33-30(38)24-8-14-27(15-9-24)35(2)3/h6-20,29,37H,21H2,1-5H3,(H,33,38)(H,34,39). The number of aliphatic hydroxyl groups excluding tert-OH is 1. The van der Waals surface area contributed by atoms with Gasteiger partial charge in [-0.05, 0) is 85.1 Å². The molecule has 0 saturated heterocycles. The zero-order chi connectivity index (χ0) is 28.2. The average Bonchev–Trinajstić information content (AvgIpc) is 2.93. The van der Waals surface area contributed by atoms with Crippen LogP contribution in [0.25, 0.3) is 0 Å². The summed E-state index contributed by atoms with van der Waals surface area (Å²) < 4.78 is 0. The minimum absolute atomic E-state index is 0.142. The summed E-state index contributed by atoms with van der Waals surface area (Å²) in [5.74, 6) is -0.336. The third-order valence-electron chi connectivity index (χ3n) is 6.90. The zero-order valence-corrected chi connectivity index (χ0v) is 23.1. The number of nitrogens with zero attached hydrogens (tertiary/aromatic N) is 2. The van der Waals surface area contributed by atoms with E-state index in [9.17, 15) is 14.7 Å². The molecule has 202 valence electrons. The highest BCUT2D eigenvalue weighted by Crippen LogP contribution is 2.30. The van der Waals surface area contributed by atoms with Crippen LogP contribution >= 0.6 is 0 Å². The lowest BCUT2D eigenvalue weighted by Crippen LogP contribution is -2.45. The number of carbonyl (C=O) groups excluding carboxylic acids is 2. The van der Waals surface area contributed by atoms with Gasteiger partial charge in [-0.25, -0.2) is 0 Å². The Kier molecular flexibility index (Phi) is 8.21. The van der Waals surface area contributed by atoms with Crippen molar-refractivity contribution in [2.75, 3.05) is 43.3 Å². The van der Waals surface area contributed by atoms with E-state index in [0.717, 1.165) is 16.9 Å². The van der Waals surface area contributed by atoms with Gasteiger partial charge in [0.05, 0.1) is 5.54 Å². The molecule has 1 aliphatic rings. The van der Waals surface area contributed by atoms with Gasteiger partial charge in [-0.15, -0.1) is 0 Å². The van der Waals surface area contributed by atoms with Gasteiger partial charge in [-0.1, -0.05) is 30.4 Å². The second-order valence-corrected chi connectivity index (χ2v) is 10.5. The first-order valence-electron chi connectivity index (χ1n) is 12.9. The Morgan fingerprint density at radius 2 is 1.31 bits per heavy atom. The van der Waals surface area contributed by atoms with Gasteiger partial charge >= 0.3 is 0 Å². The molecule has 39 heavy (non-hydrogen) atoms. The number of amides is 2. The molecule has 0 fully saturated rings. The first-order valence-corrected chi connectivity index (χ1v) is 12.9. The Bertz CT molecular complexity index is 1370. The quantitative estimate of drug-likeness (QED) is 0.378. The van der Waals surface area contributed by atoms with Gasteiger partial charge in [0.1, 0.15) is 6.10 Å². The van der Waals surface area contributed by atoms with E-state index < -0.39 is 11.6 Å². The van der Waals surface area contributed by atoms with Crippen molar-refractivity contribution in [3.63, 3.8) is 0 Å². The third kappa shape index (κ3) is 6.75. The molecule has 2 unspecified atom stereocenters. The summed E-state index contributed by atoms with van der Waals surface area (Å²) in [4.78, 5) is 29.4. The maximum Gasteiger partial charge on any atom is 0.255 e. The third-order valence-corrected chi connectivity index (χ3v) is 6.90. The normalized spacial score (nSPS) is 17.1. The molecule has 7 heteroatoms. The van der Waals surface area contributed by atoms with Crippen LogP contribution in [0.5, 0.6) is 0 Å². The van der Waals surface area contributed by atoms with Gasteiger partial charge in [0.25, 0.3) is 11.8 Å². The van der Waals surface area contributed by atoms with Crippen LogP contribution in [0.1, 0.15) is 45.7 Å². The Labute approximate surface area is 230 Å². The maximum absolute atomic E-state index is 12.8. The van der Waals surface area contributed by atoms with E-state index in [4.69, 9.17) is 0 Å². The van der Waals surface area contributed by atoms with Crippen LogP contribution in [0.2, 0.25) is 0 Å². The lowest BCUT2D eigenvalue weighted by molar-refractivity contribution is 0.0921. The number of aliphatic hydroxyl groups is 1. The van der Waals surface area contributed by atoms with Crippen LogP contribution in [0.15, 0.2) is 96.6 Å². The Hall–Kier alpha value is -4.36. The molecule has 3 N–H and O–H groups in total. The monoisotopic (exact) mass is 524 g/mol. The van der Waals surface area contributed by atoms with Gasteiger partial charge in [-0.2, -0.15) is 0 Å². The lowest BCUT2D eigenvalue weighted by atomic mass is 9.87. The van der Waals surface area contributed by atoms with Crippen molar-refractivity contribution < 1.29 is 14.7 Å². The van der Waals surface area contributed by atoms with Crippen molar-refractivity contribution in [3.8, 4) is 0 Å². The molecule has 1 aliphatic carbocycles. The Balaban J connectivity index is 1.34. The van der Waals surface area contributed by atoms with Gasteiger partial charge < -0.3 is 25.5 Å². The molecule has 2 atom stereocenters. The predicted octanol–water partition coefficient (Wildman–Crippen LogP) is 5.18. The highest BCUT2D eigenvalue weighted by atomic mass is 16.3. The number of nitrogens with one attached hydrogen (secondary N) is 2. The minimum atomic E-state index is -0.816. The fourth-order valence-corrected chi connectivity index (χ4v) is 4.34. The van der Waals surface area contributed by atoms with Crippen molar-refractivity contribution in [3.05, 3.63) is 113 Å². The van der Waals surface area contributed by atoms with E-state index in [1.165, 1.54) is 0 Å². The number of hydrogen-bond acceptors (Lipinski definition) is 5. The average molecular weight is 525 g/mol. The van der Waals surface area contributed by atoms with Crippen LogP contribution in [-0.2, 0) is 0 Å². The summed E-state index contributed by atoms with van der Waals surface area (Å²) in [5.41, 5.74) is 4.79. The summed E-state index contributed by atoms with van der Waals surface area (Å²) in [6, 6.07) is 22.0. The Morgan fingerprint density at radius 3 is 1.77 bits per heavy atom. The van der Waals surface area contributed by atoms with E-state index in [0.29, 0.717) is 28.8 Å². The fraction of sp³-hybridized carbons (Fsp3) is 0.250. The molecule has 0 saturated carbocycles. The second kappa shape index (κ2) is 11.6. The summed E-state index contributed by atoms with van der Waals surface area (Å²) >= 11 is 0. The van der Waals surface area contributed by atoms with Crippen LogP contribution < -0.4 is 20.4 Å². The molecular weight excluding hydrogens is 488 g/mol. The number of benzene rings is 3. The van der Waals surface area contributed by atoms with Crippen molar-refractivity contribution in [1.29, 1.82) is 0 Å². The molecule has 0 bridgehead atoms. The van der Waals surface area contributed by atoms with Crippen molar-refractivity contribution in [2.24, 2.45) is 0 Å². The number of anilines is 3. The molecule has 4 rings (SSSR count). The van der Waals surface area contributed by atoms with Crippen LogP contribution in [0.4, 0.5) is 17.1 Å². The largest absolute Gasteiger partial charge is 0.384 e. The van der Waals surface area contributed by atoms with Crippen LogP contribution in [-0.4, -0.2) is 50.7 Å². The molecular formula is C32H36N4O3. The zero-order valence-electron chi connectivity index (χ0n) is 23.1. The smallest absolute Gasteiger partial charge is 0.255 e. The highest BCUT2D eigenvalue weighted by molar-refractivity contribution is 6.04. The van der Waals surface area contributed by atoms with Crippen LogP contribution in [0.3, 0.4) is 0 Å². The SMILES string of the molecule is CN(C)c1ccc(C(=O)Nc2ccc(C(O)C3=CCC(C)(NC(=O)c4ccc(N(C)C)cc4)C=C3)cc2)cc1. The molecule has 0 spiro atoms. The number of hydrogen-bond donors (Lipinski definition) is 3. The van der Waals surface area contributed by atoms with E-state index in [-0.39, 0.29) is 11.8 Å². The molecule has 2 amide bonds. The highest BCUT2D eigenvalue weighted by Gasteiger charge is 2.27. The molecule has 0 aliphatic heterocycles. The maximum atomic E-state index is 12.8. The number of rotatable bonds is 8. The van der Waals surface area contributed by atoms with E-state index in [1.54, 1.807) is 36.4 Å². The number of carbonyl (C=O) groups is 2. The summed E-state index contributed by atoms with van der Waals surface area (Å²) in [7, 11) is 7.82. The molecule has 0 aromatic heterocycles. The minimum Gasteiger partial charge on any atom is -0.384 e. The molecule has 0 radical (unpaired) electrons. The molecule has 0 heterocycles. The van der Waals surface area contributed by atoms with Crippen molar-refractivity contribution >= 4 is 28.9 Å². The van der Waals surface area contributed by atoms with Crippen molar-refractivity contribution in [2.45, 2.75) is 25.0 Å². The van der Waals surface area contributed by atoms with Crippen LogP contribution in [0, 0.1) is 0 Å². The van der Waals surface area contributed by atoms with Gasteiger partial charge in [0, 0.05) is 56.4 Å². The van der Waals surface area contributed by atoms with E-state index in [2.05, 4.69) is 10.6 Å². The first-order chi connectivity index (χ1) is 18.5. The summed E-state index contributed by atoms with van der Waals surface area (Å²) in [5, 5.41) is 17.0. The van der Waals surface area contributed by atoms with Gasteiger partial charge in [-0.3, -0.25) is 9.59 Å². The topological polar surface area (TPSA) is 84.9 Å². The molecule has 7 nitrogen and oxygen atoms in total. The molecule has 3 aromatic rings. The van der Waals surface area contributed by atoms with Crippen molar-refractivity contribution in [1.82, 2.24) is 5.32 Å². The lowest BCUT2D eigenvalue weighted by Gasteiger charge is -2.30. The first kappa shape index (κ1) is 27.7. The summed E-state index contributed by atoms with van der Waals surface area (Å²) in [6.07, 6.45) is 5.47. The predicted molar refractivity (Wildman–Crippen MR) is 159 cm³/mol. The van der Waals surface area contributed by atoms with E-state index >= 15 is 0 Å². The fourth-order valence-electron chi connectivity index (χ4n) is 4.34. The van der Waals surface area contributed by atoms with Gasteiger partial charge in [0.2, 0.25) is 0 Å². The van der Waals surface area contributed by atoms with Gasteiger partial charge in [0.15, 0.2) is 0 Å². The Morgan fingerprint density at radius 1 is 0.795 bits per heavy atom. The molecule has 3 aromatic carbocycles. The van der Waals surface area contributed by atoms with E-state index in [1.807, 2.05) is 99.5 Å². The second-order valence-electron chi connectivity index (χ2n) is 10.5.